The molecule has 0 radical (unpaired) electrons. The fourth-order valence-electron chi connectivity index (χ4n) is 1.33. The first-order chi connectivity index (χ1) is 7.72. The van der Waals surface area contributed by atoms with E-state index in [2.05, 4.69) is 12.2 Å². The lowest BCUT2D eigenvalue weighted by molar-refractivity contribution is 0.292. The Bertz CT molecular complexity index is 293. The quantitative estimate of drug-likeness (QED) is 0.476. The minimum absolute atomic E-state index is 0.528. The van der Waals surface area contributed by atoms with Gasteiger partial charge in [-0.3, -0.25) is 0 Å². The summed E-state index contributed by atoms with van der Waals surface area (Å²) in [5, 5.41) is 21.1. The molecule has 1 aromatic heterocycles. The molecule has 0 saturated heterocycles. The predicted molar refractivity (Wildman–Crippen MR) is 66.4 cm³/mol. The highest BCUT2D eigenvalue weighted by atomic mass is 32.1. The van der Waals surface area contributed by atoms with Gasteiger partial charge in [-0.15, -0.1) is 11.3 Å². The molecule has 1 rings (SSSR count). The Balaban J connectivity index is 2.19. The highest BCUT2D eigenvalue weighted by molar-refractivity contribution is 7.14. The van der Waals surface area contributed by atoms with Crippen molar-refractivity contribution < 1.29 is 14.7 Å². The third kappa shape index (κ3) is 5.51. The summed E-state index contributed by atoms with van der Waals surface area (Å²) in [5.74, 6) is 0. The van der Waals surface area contributed by atoms with Gasteiger partial charge in [0.25, 0.3) is 0 Å². The van der Waals surface area contributed by atoms with Crippen LogP contribution >= 0.6 is 11.3 Å². The zero-order valence-corrected chi connectivity index (χ0v) is 10.3. The summed E-state index contributed by atoms with van der Waals surface area (Å²) in [4.78, 5) is 1.13. The lowest BCUT2D eigenvalue weighted by Crippen LogP contribution is -2.19. The molecule has 4 nitrogen and oxygen atoms in total. The first kappa shape index (κ1) is 13.5. The molecule has 0 aliphatic carbocycles. The molecule has 0 fully saturated rings. The highest BCUT2D eigenvalue weighted by Gasteiger charge is 2.12. The van der Waals surface area contributed by atoms with E-state index in [1.165, 1.54) is 30.6 Å². The molecule has 1 aromatic rings. The van der Waals surface area contributed by atoms with Gasteiger partial charge in [-0.2, -0.15) is 0 Å². The molecule has 0 unspecified atom stereocenters. The number of hydrogen-bond donors (Lipinski definition) is 3. The molecule has 16 heavy (non-hydrogen) atoms. The van der Waals surface area contributed by atoms with Crippen LogP contribution in [0.15, 0.2) is 12.1 Å². The zero-order chi connectivity index (χ0) is 11.8. The Morgan fingerprint density at radius 1 is 1.38 bits per heavy atom. The Hall–Kier alpha value is -0.555. The number of nitrogens with one attached hydrogen (secondary N) is 1. The molecule has 0 atom stereocenters. The topological polar surface area (TPSA) is 61.7 Å². The van der Waals surface area contributed by atoms with E-state index in [9.17, 15) is 0 Å². The number of rotatable bonds is 8. The van der Waals surface area contributed by atoms with Gasteiger partial charge in [0.15, 0.2) is 5.06 Å². The lowest BCUT2D eigenvalue weighted by atomic mass is 10.2. The minimum atomic E-state index is -1.73. The maximum atomic E-state index is 8.61. The Kier molecular flexibility index (Phi) is 6.48. The van der Waals surface area contributed by atoms with Crippen molar-refractivity contribution in [2.75, 3.05) is 6.54 Å². The van der Waals surface area contributed by atoms with Crippen molar-refractivity contribution >= 4 is 18.7 Å². The lowest BCUT2D eigenvalue weighted by Gasteiger charge is -2.02. The molecule has 0 spiro atoms. The second-order valence-corrected chi connectivity index (χ2v) is 4.68. The van der Waals surface area contributed by atoms with E-state index >= 15 is 0 Å². The van der Waals surface area contributed by atoms with Crippen LogP contribution in [0.3, 0.4) is 0 Å². The molecular weight excluding hydrogens is 225 g/mol. The molecule has 6 heteroatoms. The summed E-state index contributed by atoms with van der Waals surface area (Å²) in [6, 6.07) is 3.67. The summed E-state index contributed by atoms with van der Waals surface area (Å²) >= 11 is 1.42. The van der Waals surface area contributed by atoms with Crippen LogP contribution in [0.2, 0.25) is 0 Å². The van der Waals surface area contributed by atoms with Crippen LogP contribution < -0.4 is 9.97 Å². The van der Waals surface area contributed by atoms with E-state index in [0.29, 0.717) is 5.06 Å². The van der Waals surface area contributed by atoms with Gasteiger partial charge in [0.2, 0.25) is 0 Å². The smallest absolute Gasteiger partial charge is 0.504 e. The van der Waals surface area contributed by atoms with Crippen molar-refractivity contribution in [1.29, 1.82) is 0 Å². The highest BCUT2D eigenvalue weighted by Crippen LogP contribution is 2.24. The maximum absolute atomic E-state index is 8.61. The van der Waals surface area contributed by atoms with Crippen molar-refractivity contribution in [2.24, 2.45) is 0 Å². The monoisotopic (exact) mass is 243 g/mol. The number of hydrogen-bond acceptors (Lipinski definition) is 5. The molecule has 0 aliphatic rings. The van der Waals surface area contributed by atoms with Crippen LogP contribution in [-0.4, -0.2) is 23.9 Å². The molecule has 0 aromatic carbocycles. The van der Waals surface area contributed by atoms with Crippen LogP contribution in [-0.2, 0) is 6.54 Å². The average Bonchev–Trinajstić information content (AvgIpc) is 2.64. The second-order valence-electron chi connectivity index (χ2n) is 3.55. The fourth-order valence-corrected chi connectivity index (χ4v) is 2.17. The van der Waals surface area contributed by atoms with Gasteiger partial charge in [0, 0.05) is 11.4 Å². The first-order valence-electron chi connectivity index (χ1n) is 5.54. The van der Waals surface area contributed by atoms with Gasteiger partial charge in [-0.05, 0) is 25.1 Å². The van der Waals surface area contributed by atoms with Crippen molar-refractivity contribution in [3.05, 3.63) is 17.0 Å². The third-order valence-corrected chi connectivity index (χ3v) is 3.09. The van der Waals surface area contributed by atoms with Gasteiger partial charge in [0.05, 0.1) is 0 Å². The predicted octanol–water partition coefficient (Wildman–Crippen LogP) is 1.38. The molecule has 3 N–H and O–H groups in total. The zero-order valence-electron chi connectivity index (χ0n) is 9.48. The molecule has 0 bridgehead atoms. The van der Waals surface area contributed by atoms with Crippen LogP contribution in [0.4, 0.5) is 0 Å². The normalized spacial score (nSPS) is 10.4. The Morgan fingerprint density at radius 3 is 2.88 bits per heavy atom. The van der Waals surface area contributed by atoms with Gasteiger partial charge in [0.1, 0.15) is 0 Å². The summed E-state index contributed by atoms with van der Waals surface area (Å²) in [6.45, 7) is 4.01. The third-order valence-electron chi connectivity index (χ3n) is 2.11. The Morgan fingerprint density at radius 2 is 2.19 bits per heavy atom. The molecular formula is C10H18BNO3S. The van der Waals surface area contributed by atoms with Crippen LogP contribution in [0, 0.1) is 0 Å². The summed E-state index contributed by atoms with van der Waals surface area (Å²) in [5.41, 5.74) is 0. The van der Waals surface area contributed by atoms with Crippen molar-refractivity contribution in [2.45, 2.75) is 32.7 Å². The molecule has 1 heterocycles. The van der Waals surface area contributed by atoms with Crippen LogP contribution in [0.25, 0.3) is 0 Å². The molecule has 0 saturated carbocycles. The van der Waals surface area contributed by atoms with Gasteiger partial charge >= 0.3 is 7.32 Å². The summed E-state index contributed by atoms with van der Waals surface area (Å²) in [7, 11) is -1.73. The SMILES string of the molecule is CCCCCNCc1ccc(OB(O)O)s1. The van der Waals surface area contributed by atoms with Crippen molar-refractivity contribution in [3.63, 3.8) is 0 Å². The second kappa shape index (κ2) is 7.68. The van der Waals surface area contributed by atoms with E-state index in [-0.39, 0.29) is 0 Å². The van der Waals surface area contributed by atoms with E-state index in [4.69, 9.17) is 14.7 Å². The van der Waals surface area contributed by atoms with Gasteiger partial charge in [-0.25, -0.2) is 0 Å². The van der Waals surface area contributed by atoms with E-state index in [1.807, 2.05) is 6.07 Å². The van der Waals surface area contributed by atoms with Crippen LogP contribution in [0.1, 0.15) is 31.1 Å². The first-order valence-corrected chi connectivity index (χ1v) is 6.36. The largest absolute Gasteiger partial charge is 0.708 e. The summed E-state index contributed by atoms with van der Waals surface area (Å²) in [6.07, 6.45) is 3.68. The minimum Gasteiger partial charge on any atom is -0.504 e. The van der Waals surface area contributed by atoms with Crippen LogP contribution in [0.5, 0.6) is 5.06 Å². The molecule has 0 amide bonds. The Labute approximate surface area is 100 Å². The van der Waals surface area contributed by atoms with Gasteiger partial charge in [-0.1, -0.05) is 19.8 Å². The standard InChI is InChI=1S/C10H18BNO3S/c1-2-3-4-7-12-8-9-5-6-10(16-9)15-11(13)14/h5-6,12-14H,2-4,7-8H2,1H3. The van der Waals surface area contributed by atoms with E-state index in [0.717, 1.165) is 18.0 Å². The van der Waals surface area contributed by atoms with E-state index in [1.54, 1.807) is 6.07 Å². The number of thiophene rings is 1. The van der Waals surface area contributed by atoms with E-state index < -0.39 is 7.32 Å². The maximum Gasteiger partial charge on any atom is 0.708 e. The number of unbranched alkanes of at least 4 members (excludes halogenated alkanes) is 2. The van der Waals surface area contributed by atoms with Crippen molar-refractivity contribution in [3.8, 4) is 5.06 Å². The average molecular weight is 243 g/mol. The summed E-state index contributed by atoms with van der Waals surface area (Å²) < 4.78 is 4.74. The fraction of sp³-hybridized carbons (Fsp3) is 0.600. The molecule has 0 aliphatic heterocycles. The van der Waals surface area contributed by atoms with Crippen molar-refractivity contribution in [1.82, 2.24) is 5.32 Å². The molecule has 90 valence electrons. The van der Waals surface area contributed by atoms with Gasteiger partial charge < -0.3 is 20.0 Å².